The van der Waals surface area contributed by atoms with E-state index in [-0.39, 0.29) is 19.6 Å². The second-order valence-electron chi connectivity index (χ2n) is 6.12. The highest BCUT2D eigenvalue weighted by Crippen LogP contribution is 2.16. The van der Waals surface area contributed by atoms with E-state index in [1.54, 1.807) is 0 Å². The average molecular weight is 388 g/mol. The van der Waals surface area contributed by atoms with Gasteiger partial charge in [-0.2, -0.15) is 0 Å². The lowest BCUT2D eigenvalue weighted by molar-refractivity contribution is -0.170. The molecule has 27 heavy (non-hydrogen) atoms. The minimum atomic E-state index is -0.956. The second-order valence-corrected chi connectivity index (χ2v) is 6.12. The minimum absolute atomic E-state index is 0.0504. The van der Waals surface area contributed by atoms with Crippen molar-refractivity contribution in [3.8, 4) is 0 Å². The maximum Gasteiger partial charge on any atom is 0.511 e. The lowest BCUT2D eigenvalue weighted by Gasteiger charge is -2.16. The third-order valence-electron chi connectivity index (χ3n) is 3.85. The largest absolute Gasteiger partial charge is 0.511 e. The number of carbonyl (C=O) groups is 4. The van der Waals surface area contributed by atoms with Crippen LogP contribution in [0.4, 0.5) is 9.59 Å². The molecule has 2 atom stereocenters. The van der Waals surface area contributed by atoms with Crippen molar-refractivity contribution >= 4 is 24.2 Å². The molecule has 2 aliphatic rings. The second kappa shape index (κ2) is 11.2. The van der Waals surface area contributed by atoms with Crippen LogP contribution >= 0.6 is 0 Å². The number of hydrogen-bond donors (Lipinski definition) is 0. The highest BCUT2D eigenvalue weighted by Gasteiger charge is 2.24. The number of ether oxygens (including phenoxy) is 6. The van der Waals surface area contributed by atoms with Gasteiger partial charge in [0, 0.05) is 32.1 Å². The first-order valence-electron chi connectivity index (χ1n) is 9.09. The van der Waals surface area contributed by atoms with Gasteiger partial charge in [-0.15, -0.1) is 0 Å². The third-order valence-corrected chi connectivity index (χ3v) is 3.85. The van der Waals surface area contributed by atoms with Crippen LogP contribution in [0.15, 0.2) is 0 Å². The summed E-state index contributed by atoms with van der Waals surface area (Å²) in [5.74, 6) is -0.812. The van der Waals surface area contributed by atoms with Crippen LogP contribution in [-0.2, 0) is 38.0 Å². The molecular formula is C17H24O10. The molecule has 0 aromatic rings. The van der Waals surface area contributed by atoms with E-state index in [0.29, 0.717) is 38.5 Å². The lowest BCUT2D eigenvalue weighted by atomic mass is 10.2. The van der Waals surface area contributed by atoms with Crippen molar-refractivity contribution in [1.82, 2.24) is 0 Å². The van der Waals surface area contributed by atoms with E-state index in [1.807, 2.05) is 0 Å². The van der Waals surface area contributed by atoms with Gasteiger partial charge < -0.3 is 28.4 Å². The molecule has 2 unspecified atom stereocenters. The molecule has 10 heteroatoms. The Kier molecular flexibility index (Phi) is 8.66. The number of cyclic esters (lactones) is 2. The van der Waals surface area contributed by atoms with E-state index in [4.69, 9.17) is 28.4 Å². The SMILES string of the molecule is O=C1CCCCC(OC(=O)OCCCOC(=O)OC2CCCCC(=O)O2)O1. The predicted octanol–water partition coefficient (Wildman–Crippen LogP) is 2.57. The van der Waals surface area contributed by atoms with Crippen molar-refractivity contribution in [2.24, 2.45) is 0 Å². The van der Waals surface area contributed by atoms with Crippen LogP contribution in [0.25, 0.3) is 0 Å². The van der Waals surface area contributed by atoms with Crippen LogP contribution < -0.4 is 0 Å². The Labute approximate surface area is 156 Å². The Morgan fingerprint density at radius 2 is 1.22 bits per heavy atom. The molecule has 0 aromatic heterocycles. The van der Waals surface area contributed by atoms with Crippen molar-refractivity contribution in [1.29, 1.82) is 0 Å². The number of carbonyl (C=O) groups excluding carboxylic acids is 4. The molecule has 0 aromatic carbocycles. The zero-order chi connectivity index (χ0) is 19.5. The summed E-state index contributed by atoms with van der Waals surface area (Å²) >= 11 is 0. The summed E-state index contributed by atoms with van der Waals surface area (Å²) in [6.07, 6.45) is 0.758. The fourth-order valence-corrected chi connectivity index (χ4v) is 2.51. The Hall–Kier alpha value is -2.52. The summed E-state index contributed by atoms with van der Waals surface area (Å²) in [7, 11) is 0. The molecule has 2 heterocycles. The Morgan fingerprint density at radius 1 is 0.778 bits per heavy atom. The maximum absolute atomic E-state index is 11.5. The summed E-state index contributed by atoms with van der Waals surface area (Å²) in [4.78, 5) is 45.6. The first kappa shape index (κ1) is 20.8. The van der Waals surface area contributed by atoms with Crippen molar-refractivity contribution < 1.29 is 47.6 Å². The van der Waals surface area contributed by atoms with Gasteiger partial charge in [-0.05, 0) is 25.7 Å². The molecule has 0 radical (unpaired) electrons. The van der Waals surface area contributed by atoms with E-state index in [1.165, 1.54) is 0 Å². The van der Waals surface area contributed by atoms with E-state index in [2.05, 4.69) is 0 Å². The topological polar surface area (TPSA) is 124 Å². The molecule has 0 amide bonds. The van der Waals surface area contributed by atoms with Gasteiger partial charge in [-0.1, -0.05) is 0 Å². The Balaban J connectivity index is 1.53. The standard InChI is InChI=1S/C17H24O10/c18-12-6-1-3-8-14(24-12)26-16(20)22-10-5-11-23-17(21)27-15-9-4-2-7-13(19)25-15/h14-15H,1-11H2. The quantitative estimate of drug-likeness (QED) is 0.381. The van der Waals surface area contributed by atoms with Crippen molar-refractivity contribution in [3.05, 3.63) is 0 Å². The number of rotatable bonds is 6. The van der Waals surface area contributed by atoms with Crippen molar-refractivity contribution in [2.75, 3.05) is 13.2 Å². The summed E-state index contributed by atoms with van der Waals surface area (Å²) in [6.45, 7) is -0.101. The molecule has 2 rings (SSSR count). The van der Waals surface area contributed by atoms with Crippen LogP contribution in [0.3, 0.4) is 0 Å². The van der Waals surface area contributed by atoms with Crippen molar-refractivity contribution in [3.63, 3.8) is 0 Å². The molecule has 0 spiro atoms. The fourth-order valence-electron chi connectivity index (χ4n) is 2.51. The molecule has 152 valence electrons. The van der Waals surface area contributed by atoms with E-state index in [9.17, 15) is 19.2 Å². The van der Waals surface area contributed by atoms with Crippen LogP contribution in [0.5, 0.6) is 0 Å². The van der Waals surface area contributed by atoms with Gasteiger partial charge in [-0.3, -0.25) is 9.59 Å². The van der Waals surface area contributed by atoms with Gasteiger partial charge in [0.2, 0.25) is 0 Å². The summed E-state index contributed by atoms with van der Waals surface area (Å²) in [5, 5.41) is 0. The minimum Gasteiger partial charge on any atom is -0.434 e. The van der Waals surface area contributed by atoms with Crippen molar-refractivity contribution in [2.45, 2.75) is 70.4 Å². The lowest BCUT2D eigenvalue weighted by Crippen LogP contribution is -2.24. The van der Waals surface area contributed by atoms with Crippen LogP contribution in [0, 0.1) is 0 Å². The van der Waals surface area contributed by atoms with Gasteiger partial charge in [0.05, 0.1) is 13.2 Å². The first-order chi connectivity index (χ1) is 13.0. The number of esters is 2. The number of hydrogen-bond acceptors (Lipinski definition) is 10. The zero-order valence-electron chi connectivity index (χ0n) is 15.0. The molecular weight excluding hydrogens is 364 g/mol. The maximum atomic E-state index is 11.5. The average Bonchev–Trinajstić information content (AvgIpc) is 2.94. The Morgan fingerprint density at radius 3 is 1.67 bits per heavy atom. The molecule has 10 nitrogen and oxygen atoms in total. The summed E-state index contributed by atoms with van der Waals surface area (Å²) < 4.78 is 29.4. The Bertz CT molecular complexity index is 486. The van der Waals surface area contributed by atoms with E-state index < -0.39 is 36.8 Å². The fraction of sp³-hybridized carbons (Fsp3) is 0.765. The monoisotopic (exact) mass is 388 g/mol. The van der Waals surface area contributed by atoms with E-state index >= 15 is 0 Å². The first-order valence-corrected chi connectivity index (χ1v) is 9.09. The molecule has 0 N–H and O–H groups in total. The third kappa shape index (κ3) is 8.61. The molecule has 0 aliphatic carbocycles. The van der Waals surface area contributed by atoms with Crippen LogP contribution in [-0.4, -0.2) is 50.0 Å². The molecule has 0 bridgehead atoms. The van der Waals surface area contributed by atoms with Crippen LogP contribution in [0.2, 0.25) is 0 Å². The van der Waals surface area contributed by atoms with Gasteiger partial charge in [0.25, 0.3) is 12.6 Å². The highest BCUT2D eigenvalue weighted by molar-refractivity contribution is 5.70. The van der Waals surface area contributed by atoms with Gasteiger partial charge in [-0.25, -0.2) is 9.59 Å². The van der Waals surface area contributed by atoms with Gasteiger partial charge in [0.15, 0.2) is 0 Å². The van der Waals surface area contributed by atoms with E-state index in [0.717, 1.165) is 12.8 Å². The predicted molar refractivity (Wildman–Crippen MR) is 86.2 cm³/mol. The van der Waals surface area contributed by atoms with Crippen LogP contribution in [0.1, 0.15) is 57.8 Å². The molecule has 2 fully saturated rings. The molecule has 2 saturated heterocycles. The normalized spacial score (nSPS) is 23.1. The van der Waals surface area contributed by atoms with Gasteiger partial charge in [0.1, 0.15) is 0 Å². The highest BCUT2D eigenvalue weighted by atomic mass is 16.8. The smallest absolute Gasteiger partial charge is 0.434 e. The summed E-state index contributed by atoms with van der Waals surface area (Å²) in [6, 6.07) is 0. The molecule has 2 aliphatic heterocycles. The van der Waals surface area contributed by atoms with Gasteiger partial charge >= 0.3 is 24.2 Å². The molecule has 0 saturated carbocycles. The summed E-state index contributed by atoms with van der Waals surface area (Å²) in [5.41, 5.74) is 0. The zero-order valence-corrected chi connectivity index (χ0v) is 15.0.